The third kappa shape index (κ3) is 2.83. The van der Waals surface area contributed by atoms with Crippen LogP contribution < -0.4 is 5.32 Å². The first-order valence-corrected chi connectivity index (χ1v) is 6.05. The number of nitrogens with one attached hydrogen (secondary N) is 1. The molecule has 0 saturated carbocycles. The molecule has 0 aliphatic carbocycles. The van der Waals surface area contributed by atoms with Crippen molar-refractivity contribution in [1.82, 2.24) is 15.2 Å². The van der Waals surface area contributed by atoms with E-state index in [2.05, 4.69) is 15.2 Å². The van der Waals surface area contributed by atoms with Crippen LogP contribution in [0.2, 0.25) is 0 Å². The molecule has 1 aliphatic rings. The maximum atomic E-state index is 5.23. The van der Waals surface area contributed by atoms with E-state index in [-0.39, 0.29) is 0 Å². The Morgan fingerprint density at radius 2 is 2.50 bits per heavy atom. The summed E-state index contributed by atoms with van der Waals surface area (Å²) in [4.78, 5) is 6.74. The molecule has 90 valence electrons. The summed E-state index contributed by atoms with van der Waals surface area (Å²) in [6, 6.07) is 0. The standard InChI is InChI=1S/C12H21N3O/c1-10-12(14-9-16-10)8-15-5-3-4-11(7-15)6-13-2/h9,11,13H,3-8H2,1-2H3. The first kappa shape index (κ1) is 11.6. The van der Waals surface area contributed by atoms with Crippen molar-refractivity contribution in [3.63, 3.8) is 0 Å². The summed E-state index contributed by atoms with van der Waals surface area (Å²) in [5.41, 5.74) is 1.09. The van der Waals surface area contributed by atoms with E-state index in [1.165, 1.54) is 25.9 Å². The lowest BCUT2D eigenvalue weighted by Crippen LogP contribution is -2.38. The van der Waals surface area contributed by atoms with Crippen molar-refractivity contribution in [2.75, 3.05) is 26.7 Å². The lowest BCUT2D eigenvalue weighted by atomic mass is 9.98. The first-order valence-electron chi connectivity index (χ1n) is 6.05. The number of aryl methyl sites for hydroxylation is 1. The highest BCUT2D eigenvalue weighted by molar-refractivity contribution is 5.04. The summed E-state index contributed by atoms with van der Waals surface area (Å²) in [6.45, 7) is 6.40. The van der Waals surface area contributed by atoms with Crippen molar-refractivity contribution in [3.05, 3.63) is 17.8 Å². The highest BCUT2D eigenvalue weighted by atomic mass is 16.3. The third-order valence-electron chi connectivity index (χ3n) is 3.31. The molecule has 1 aromatic heterocycles. The van der Waals surface area contributed by atoms with Gasteiger partial charge in [0.25, 0.3) is 0 Å². The molecule has 0 radical (unpaired) electrons. The Labute approximate surface area is 97.0 Å². The van der Waals surface area contributed by atoms with Crippen LogP contribution in [0.25, 0.3) is 0 Å². The van der Waals surface area contributed by atoms with E-state index in [0.717, 1.165) is 30.5 Å². The Kier molecular flexibility index (Phi) is 3.96. The minimum atomic E-state index is 0.783. The van der Waals surface area contributed by atoms with Crippen LogP contribution in [0.3, 0.4) is 0 Å². The molecular weight excluding hydrogens is 202 g/mol. The minimum absolute atomic E-state index is 0.783. The Balaban J connectivity index is 1.88. The molecule has 1 unspecified atom stereocenters. The summed E-state index contributed by atoms with van der Waals surface area (Å²) in [6.07, 6.45) is 4.18. The van der Waals surface area contributed by atoms with Gasteiger partial charge in [-0.05, 0) is 45.8 Å². The molecule has 1 N–H and O–H groups in total. The number of hydrogen-bond acceptors (Lipinski definition) is 4. The van der Waals surface area contributed by atoms with Crippen LogP contribution in [0.1, 0.15) is 24.3 Å². The van der Waals surface area contributed by atoms with Gasteiger partial charge in [-0.1, -0.05) is 0 Å². The molecule has 16 heavy (non-hydrogen) atoms. The van der Waals surface area contributed by atoms with E-state index < -0.39 is 0 Å². The monoisotopic (exact) mass is 223 g/mol. The van der Waals surface area contributed by atoms with Crippen molar-refractivity contribution >= 4 is 0 Å². The van der Waals surface area contributed by atoms with Gasteiger partial charge in [0.05, 0.1) is 5.69 Å². The zero-order valence-electron chi connectivity index (χ0n) is 10.2. The molecule has 1 aliphatic heterocycles. The molecule has 0 bridgehead atoms. The zero-order chi connectivity index (χ0) is 11.4. The molecule has 0 spiro atoms. The zero-order valence-corrected chi connectivity index (χ0v) is 10.2. The lowest BCUT2D eigenvalue weighted by molar-refractivity contribution is 0.164. The SMILES string of the molecule is CNCC1CCCN(Cc2ncoc2C)C1. The van der Waals surface area contributed by atoms with Crippen LogP contribution in [0, 0.1) is 12.8 Å². The van der Waals surface area contributed by atoms with E-state index in [1.807, 2.05) is 14.0 Å². The second kappa shape index (κ2) is 5.46. The smallest absolute Gasteiger partial charge is 0.181 e. The largest absolute Gasteiger partial charge is 0.448 e. The highest BCUT2D eigenvalue weighted by Gasteiger charge is 2.20. The van der Waals surface area contributed by atoms with Crippen molar-refractivity contribution in [3.8, 4) is 0 Å². The number of oxazole rings is 1. The summed E-state index contributed by atoms with van der Waals surface area (Å²) in [7, 11) is 2.03. The highest BCUT2D eigenvalue weighted by Crippen LogP contribution is 2.18. The predicted octanol–water partition coefficient (Wildman–Crippen LogP) is 1.41. The fourth-order valence-corrected chi connectivity index (χ4v) is 2.44. The molecule has 1 fully saturated rings. The molecular formula is C12H21N3O. The second-order valence-corrected chi connectivity index (χ2v) is 4.66. The average molecular weight is 223 g/mol. The summed E-state index contributed by atoms with van der Waals surface area (Å²) >= 11 is 0. The second-order valence-electron chi connectivity index (χ2n) is 4.66. The van der Waals surface area contributed by atoms with Crippen molar-refractivity contribution < 1.29 is 4.42 Å². The summed E-state index contributed by atoms with van der Waals surface area (Å²) in [5, 5.41) is 3.27. The number of aromatic nitrogens is 1. The van der Waals surface area contributed by atoms with Gasteiger partial charge in [-0.3, -0.25) is 4.90 Å². The van der Waals surface area contributed by atoms with E-state index in [4.69, 9.17) is 4.42 Å². The van der Waals surface area contributed by atoms with Gasteiger partial charge >= 0.3 is 0 Å². The fourth-order valence-electron chi connectivity index (χ4n) is 2.44. The van der Waals surface area contributed by atoms with Gasteiger partial charge in [-0.15, -0.1) is 0 Å². The molecule has 0 aromatic carbocycles. The van der Waals surface area contributed by atoms with Crippen molar-refractivity contribution in [2.24, 2.45) is 5.92 Å². The quantitative estimate of drug-likeness (QED) is 0.838. The van der Waals surface area contributed by atoms with Gasteiger partial charge in [-0.2, -0.15) is 0 Å². The van der Waals surface area contributed by atoms with E-state index >= 15 is 0 Å². The average Bonchev–Trinajstić information content (AvgIpc) is 2.66. The molecule has 1 aromatic rings. The Morgan fingerprint density at radius 1 is 1.62 bits per heavy atom. The van der Waals surface area contributed by atoms with Crippen LogP contribution in [0.5, 0.6) is 0 Å². The van der Waals surface area contributed by atoms with Crippen LogP contribution in [-0.4, -0.2) is 36.6 Å². The molecule has 2 heterocycles. The Hall–Kier alpha value is -0.870. The van der Waals surface area contributed by atoms with E-state index in [0.29, 0.717) is 0 Å². The summed E-state index contributed by atoms with van der Waals surface area (Å²) < 4.78 is 5.23. The number of hydrogen-bond donors (Lipinski definition) is 1. The number of piperidine rings is 1. The lowest BCUT2D eigenvalue weighted by Gasteiger charge is -2.32. The first-order chi connectivity index (χ1) is 7.79. The van der Waals surface area contributed by atoms with Crippen LogP contribution in [0.4, 0.5) is 0 Å². The van der Waals surface area contributed by atoms with Gasteiger partial charge in [0.2, 0.25) is 0 Å². The summed E-state index contributed by atoms with van der Waals surface area (Å²) in [5.74, 6) is 1.74. The van der Waals surface area contributed by atoms with Gasteiger partial charge in [-0.25, -0.2) is 4.98 Å². The minimum Gasteiger partial charge on any atom is -0.448 e. The van der Waals surface area contributed by atoms with Crippen LogP contribution in [0.15, 0.2) is 10.8 Å². The van der Waals surface area contributed by atoms with Crippen LogP contribution in [-0.2, 0) is 6.54 Å². The molecule has 1 saturated heterocycles. The topological polar surface area (TPSA) is 41.3 Å². The molecule has 4 heteroatoms. The van der Waals surface area contributed by atoms with Crippen LogP contribution >= 0.6 is 0 Å². The fraction of sp³-hybridized carbons (Fsp3) is 0.750. The number of nitrogens with zero attached hydrogens (tertiary/aromatic N) is 2. The maximum Gasteiger partial charge on any atom is 0.181 e. The maximum absolute atomic E-state index is 5.23. The molecule has 1 atom stereocenters. The van der Waals surface area contributed by atoms with E-state index in [9.17, 15) is 0 Å². The third-order valence-corrected chi connectivity index (χ3v) is 3.31. The molecule has 4 nitrogen and oxygen atoms in total. The van der Waals surface area contributed by atoms with Gasteiger partial charge < -0.3 is 9.73 Å². The number of likely N-dealkylation sites (tertiary alicyclic amines) is 1. The Bertz CT molecular complexity index is 322. The van der Waals surface area contributed by atoms with Crippen molar-refractivity contribution in [2.45, 2.75) is 26.3 Å². The van der Waals surface area contributed by atoms with Gasteiger partial charge in [0, 0.05) is 13.1 Å². The normalized spacial score (nSPS) is 22.5. The molecule has 0 amide bonds. The van der Waals surface area contributed by atoms with Gasteiger partial charge in [0.15, 0.2) is 6.39 Å². The van der Waals surface area contributed by atoms with Crippen molar-refractivity contribution in [1.29, 1.82) is 0 Å². The molecule has 2 rings (SSSR count). The number of rotatable bonds is 4. The van der Waals surface area contributed by atoms with E-state index in [1.54, 1.807) is 6.39 Å². The van der Waals surface area contributed by atoms with Gasteiger partial charge in [0.1, 0.15) is 5.76 Å². The predicted molar refractivity (Wildman–Crippen MR) is 63.2 cm³/mol. The Morgan fingerprint density at radius 3 is 3.19 bits per heavy atom.